The first kappa shape index (κ1) is 19.2. The summed E-state index contributed by atoms with van der Waals surface area (Å²) in [5, 5.41) is 0. The SMILES string of the molecule is CC.CC(C)C=O.COC(=O)N1CCN(C)CC1. The fourth-order valence-corrected chi connectivity index (χ4v) is 1.12. The molecule has 0 aromatic rings. The Morgan fingerprint density at radius 1 is 1.17 bits per heavy atom. The predicted molar refractivity (Wildman–Crippen MR) is 73.7 cm³/mol. The van der Waals surface area contributed by atoms with Crippen molar-refractivity contribution in [3.63, 3.8) is 0 Å². The molecule has 0 aliphatic carbocycles. The summed E-state index contributed by atoms with van der Waals surface area (Å²) in [5.41, 5.74) is 0. The third kappa shape index (κ3) is 10.1. The molecule has 1 saturated heterocycles. The molecule has 0 spiro atoms. The van der Waals surface area contributed by atoms with E-state index >= 15 is 0 Å². The second-order valence-electron chi connectivity index (χ2n) is 4.14. The molecule has 5 heteroatoms. The van der Waals surface area contributed by atoms with Gasteiger partial charge in [0.2, 0.25) is 0 Å². The number of carbonyl (C=O) groups excluding carboxylic acids is 2. The lowest BCUT2D eigenvalue weighted by molar-refractivity contribution is -0.110. The van der Waals surface area contributed by atoms with Gasteiger partial charge in [-0.3, -0.25) is 0 Å². The van der Waals surface area contributed by atoms with Gasteiger partial charge in [-0.2, -0.15) is 0 Å². The van der Waals surface area contributed by atoms with Crippen molar-refractivity contribution in [2.75, 3.05) is 40.3 Å². The van der Waals surface area contributed by atoms with E-state index in [-0.39, 0.29) is 12.0 Å². The summed E-state index contributed by atoms with van der Waals surface area (Å²) in [4.78, 5) is 24.4. The summed E-state index contributed by atoms with van der Waals surface area (Å²) < 4.78 is 4.59. The van der Waals surface area contributed by atoms with Crippen LogP contribution in [-0.2, 0) is 9.53 Å². The number of ether oxygens (including phenoxy) is 1. The van der Waals surface area contributed by atoms with Crippen LogP contribution in [0, 0.1) is 5.92 Å². The number of amides is 1. The Morgan fingerprint density at radius 3 is 1.83 bits per heavy atom. The number of aldehydes is 1. The Kier molecular flexibility index (Phi) is 13.2. The maximum atomic E-state index is 11.0. The lowest BCUT2D eigenvalue weighted by Crippen LogP contribution is -2.47. The third-order valence-corrected chi connectivity index (χ3v) is 2.21. The van der Waals surface area contributed by atoms with E-state index in [0.717, 1.165) is 32.5 Å². The second-order valence-corrected chi connectivity index (χ2v) is 4.14. The highest BCUT2D eigenvalue weighted by Crippen LogP contribution is 2.00. The first-order chi connectivity index (χ1) is 8.51. The number of hydrogen-bond acceptors (Lipinski definition) is 4. The first-order valence-electron chi connectivity index (χ1n) is 6.48. The predicted octanol–water partition coefficient (Wildman–Crippen LogP) is 1.87. The third-order valence-electron chi connectivity index (χ3n) is 2.21. The minimum absolute atomic E-state index is 0.204. The van der Waals surface area contributed by atoms with Gasteiger partial charge >= 0.3 is 6.09 Å². The smallest absolute Gasteiger partial charge is 0.409 e. The van der Waals surface area contributed by atoms with Gasteiger partial charge < -0.3 is 19.3 Å². The molecular formula is C13H28N2O3. The molecule has 1 fully saturated rings. The summed E-state index contributed by atoms with van der Waals surface area (Å²) in [7, 11) is 3.47. The first-order valence-corrected chi connectivity index (χ1v) is 6.48. The van der Waals surface area contributed by atoms with Gasteiger partial charge in [-0.25, -0.2) is 4.79 Å². The van der Waals surface area contributed by atoms with Gasteiger partial charge in [0.25, 0.3) is 0 Å². The highest BCUT2D eigenvalue weighted by Gasteiger charge is 2.18. The molecule has 1 rings (SSSR count). The maximum absolute atomic E-state index is 11.0. The quantitative estimate of drug-likeness (QED) is 0.675. The van der Waals surface area contributed by atoms with Gasteiger partial charge in [-0.1, -0.05) is 27.7 Å². The van der Waals surface area contributed by atoms with E-state index < -0.39 is 0 Å². The van der Waals surface area contributed by atoms with Gasteiger partial charge in [0, 0.05) is 32.1 Å². The number of rotatable bonds is 1. The number of methoxy groups -OCH3 is 1. The summed E-state index contributed by atoms with van der Waals surface area (Å²) in [6, 6.07) is 0. The fraction of sp³-hybridized carbons (Fsp3) is 0.846. The molecule has 0 saturated carbocycles. The van der Waals surface area contributed by atoms with E-state index in [2.05, 4.69) is 16.7 Å². The average molecular weight is 260 g/mol. The molecular weight excluding hydrogens is 232 g/mol. The van der Waals surface area contributed by atoms with E-state index in [0.29, 0.717) is 0 Å². The standard InChI is InChI=1S/C7H14N2O2.C4H8O.C2H6/c1-8-3-5-9(6-4-8)7(10)11-2;1-4(2)3-5;1-2/h3-6H2,1-2H3;3-4H,1-2H3;1-2H3. The summed E-state index contributed by atoms with van der Waals surface area (Å²) in [5.74, 6) is 0.204. The molecule has 108 valence electrons. The topological polar surface area (TPSA) is 49.9 Å². The van der Waals surface area contributed by atoms with Gasteiger partial charge in [-0.15, -0.1) is 0 Å². The van der Waals surface area contributed by atoms with E-state index in [1.165, 1.54) is 7.11 Å². The van der Waals surface area contributed by atoms with Crippen molar-refractivity contribution in [2.45, 2.75) is 27.7 Å². The van der Waals surface area contributed by atoms with Crippen molar-refractivity contribution in [1.29, 1.82) is 0 Å². The molecule has 0 atom stereocenters. The van der Waals surface area contributed by atoms with Crippen molar-refractivity contribution < 1.29 is 14.3 Å². The highest BCUT2D eigenvalue weighted by atomic mass is 16.5. The van der Waals surface area contributed by atoms with Crippen LogP contribution in [0.25, 0.3) is 0 Å². The molecule has 0 unspecified atom stereocenters. The summed E-state index contributed by atoms with van der Waals surface area (Å²) in [6.45, 7) is 11.1. The Labute approximate surface area is 111 Å². The van der Waals surface area contributed by atoms with Crippen molar-refractivity contribution >= 4 is 12.4 Å². The molecule has 5 nitrogen and oxygen atoms in total. The van der Waals surface area contributed by atoms with E-state index in [1.807, 2.05) is 27.7 Å². The molecule has 0 aromatic heterocycles. The fourth-order valence-electron chi connectivity index (χ4n) is 1.12. The molecule has 0 bridgehead atoms. The average Bonchev–Trinajstić information content (AvgIpc) is 2.41. The van der Waals surface area contributed by atoms with Crippen LogP contribution in [0.15, 0.2) is 0 Å². The van der Waals surface area contributed by atoms with Crippen LogP contribution in [0.4, 0.5) is 4.79 Å². The largest absolute Gasteiger partial charge is 0.453 e. The van der Waals surface area contributed by atoms with Crippen molar-refractivity contribution in [3.05, 3.63) is 0 Å². The van der Waals surface area contributed by atoms with Crippen molar-refractivity contribution in [1.82, 2.24) is 9.80 Å². The number of likely N-dealkylation sites (N-methyl/N-ethyl adjacent to an activating group) is 1. The van der Waals surface area contributed by atoms with Crippen molar-refractivity contribution in [2.24, 2.45) is 5.92 Å². The second kappa shape index (κ2) is 12.4. The van der Waals surface area contributed by atoms with Gasteiger partial charge in [-0.05, 0) is 7.05 Å². The number of carbonyl (C=O) groups is 2. The lowest BCUT2D eigenvalue weighted by Gasteiger charge is -2.31. The Morgan fingerprint density at radius 2 is 1.56 bits per heavy atom. The maximum Gasteiger partial charge on any atom is 0.409 e. The molecule has 0 N–H and O–H groups in total. The Bertz CT molecular complexity index is 212. The monoisotopic (exact) mass is 260 g/mol. The van der Waals surface area contributed by atoms with E-state index in [1.54, 1.807) is 4.90 Å². The zero-order valence-corrected chi connectivity index (χ0v) is 12.6. The number of piperazine rings is 1. The highest BCUT2D eigenvalue weighted by molar-refractivity contribution is 5.67. The summed E-state index contributed by atoms with van der Waals surface area (Å²) in [6.07, 6.45) is 0.707. The summed E-state index contributed by atoms with van der Waals surface area (Å²) >= 11 is 0. The van der Waals surface area contributed by atoms with Crippen LogP contribution in [0.2, 0.25) is 0 Å². The minimum atomic E-state index is -0.210. The molecule has 0 radical (unpaired) electrons. The minimum Gasteiger partial charge on any atom is -0.453 e. The van der Waals surface area contributed by atoms with Gasteiger partial charge in [0.15, 0.2) is 0 Å². The van der Waals surface area contributed by atoms with Gasteiger partial charge in [0.1, 0.15) is 6.29 Å². The van der Waals surface area contributed by atoms with Crippen molar-refractivity contribution in [3.8, 4) is 0 Å². The number of nitrogens with zero attached hydrogens (tertiary/aromatic N) is 2. The van der Waals surface area contributed by atoms with Crippen LogP contribution in [0.3, 0.4) is 0 Å². The Hall–Kier alpha value is -1.10. The molecule has 0 aromatic carbocycles. The molecule has 1 aliphatic rings. The van der Waals surface area contributed by atoms with Crippen LogP contribution >= 0.6 is 0 Å². The molecule has 1 amide bonds. The molecule has 18 heavy (non-hydrogen) atoms. The van der Waals surface area contributed by atoms with Crippen LogP contribution in [-0.4, -0.2) is 62.5 Å². The molecule has 1 aliphatic heterocycles. The lowest BCUT2D eigenvalue weighted by atomic mass is 10.3. The normalized spacial score (nSPS) is 14.9. The zero-order chi connectivity index (χ0) is 14.6. The number of hydrogen-bond donors (Lipinski definition) is 0. The van der Waals surface area contributed by atoms with Crippen LogP contribution < -0.4 is 0 Å². The van der Waals surface area contributed by atoms with Crippen LogP contribution in [0.5, 0.6) is 0 Å². The zero-order valence-electron chi connectivity index (χ0n) is 12.6. The van der Waals surface area contributed by atoms with E-state index in [9.17, 15) is 9.59 Å². The van der Waals surface area contributed by atoms with Crippen LogP contribution in [0.1, 0.15) is 27.7 Å². The van der Waals surface area contributed by atoms with Gasteiger partial charge in [0.05, 0.1) is 7.11 Å². The van der Waals surface area contributed by atoms with E-state index in [4.69, 9.17) is 0 Å². The Balaban J connectivity index is 0. The molecule has 1 heterocycles.